The van der Waals surface area contributed by atoms with E-state index in [1.807, 2.05) is 24.3 Å². The number of aromatic carboxylic acids is 1. The van der Waals surface area contributed by atoms with Crippen molar-refractivity contribution in [3.63, 3.8) is 0 Å². The molecule has 0 aliphatic rings. The van der Waals surface area contributed by atoms with Crippen molar-refractivity contribution < 1.29 is 9.90 Å². The summed E-state index contributed by atoms with van der Waals surface area (Å²) in [5, 5.41) is 8.88. The first kappa shape index (κ1) is 14.8. The van der Waals surface area contributed by atoms with E-state index in [1.54, 1.807) is 6.07 Å². The molecule has 21 heavy (non-hydrogen) atoms. The fourth-order valence-corrected chi connectivity index (χ4v) is 2.27. The van der Waals surface area contributed by atoms with E-state index in [4.69, 9.17) is 5.11 Å². The van der Waals surface area contributed by atoms with Gasteiger partial charge in [0.25, 0.3) is 5.56 Å². The van der Waals surface area contributed by atoms with Crippen molar-refractivity contribution in [2.45, 2.75) is 13.8 Å². The van der Waals surface area contributed by atoms with Crippen molar-refractivity contribution in [2.75, 3.05) is 18.0 Å². The quantitative estimate of drug-likeness (QED) is 0.886. The Kier molecular flexibility index (Phi) is 4.42. The molecule has 0 radical (unpaired) electrons. The van der Waals surface area contributed by atoms with Gasteiger partial charge >= 0.3 is 5.97 Å². The average molecular weight is 286 g/mol. The van der Waals surface area contributed by atoms with E-state index in [0.717, 1.165) is 24.3 Å². The van der Waals surface area contributed by atoms with Crippen molar-refractivity contribution >= 4 is 11.7 Å². The molecule has 0 spiro atoms. The van der Waals surface area contributed by atoms with Gasteiger partial charge in [-0.15, -0.1) is 0 Å². The van der Waals surface area contributed by atoms with Crippen molar-refractivity contribution in [1.29, 1.82) is 0 Å². The molecule has 1 aromatic heterocycles. The first-order valence-electron chi connectivity index (χ1n) is 6.88. The van der Waals surface area contributed by atoms with Gasteiger partial charge in [-0.25, -0.2) is 4.79 Å². The van der Waals surface area contributed by atoms with E-state index in [1.165, 1.54) is 6.07 Å². The number of carboxylic acid groups (broad SMARTS) is 1. The van der Waals surface area contributed by atoms with Crippen molar-refractivity contribution in [1.82, 2.24) is 4.98 Å². The van der Waals surface area contributed by atoms with Gasteiger partial charge in [-0.3, -0.25) is 4.79 Å². The molecule has 0 aliphatic carbocycles. The van der Waals surface area contributed by atoms with Crippen LogP contribution in [0.25, 0.3) is 11.3 Å². The van der Waals surface area contributed by atoms with E-state index in [9.17, 15) is 9.59 Å². The number of aromatic nitrogens is 1. The molecule has 110 valence electrons. The third-order valence-electron chi connectivity index (χ3n) is 3.43. The average Bonchev–Trinajstić information content (AvgIpc) is 2.48. The largest absolute Gasteiger partial charge is 0.477 e. The van der Waals surface area contributed by atoms with Gasteiger partial charge in [0.1, 0.15) is 5.56 Å². The zero-order valence-electron chi connectivity index (χ0n) is 12.1. The zero-order chi connectivity index (χ0) is 15.4. The summed E-state index contributed by atoms with van der Waals surface area (Å²) in [6.45, 7) is 5.96. The highest BCUT2D eigenvalue weighted by atomic mass is 16.4. The summed E-state index contributed by atoms with van der Waals surface area (Å²) >= 11 is 0. The van der Waals surface area contributed by atoms with Crippen LogP contribution in [-0.4, -0.2) is 29.1 Å². The molecule has 1 aromatic carbocycles. The second kappa shape index (κ2) is 6.26. The van der Waals surface area contributed by atoms with Gasteiger partial charge in [-0.1, -0.05) is 12.1 Å². The zero-order valence-corrected chi connectivity index (χ0v) is 12.1. The van der Waals surface area contributed by atoms with Gasteiger partial charge in [0.2, 0.25) is 0 Å². The Labute approximate surface area is 122 Å². The Morgan fingerprint density at radius 1 is 1.19 bits per heavy atom. The van der Waals surface area contributed by atoms with E-state index in [2.05, 4.69) is 23.7 Å². The van der Waals surface area contributed by atoms with Gasteiger partial charge in [-0.2, -0.15) is 0 Å². The number of carbonyl (C=O) groups is 1. The van der Waals surface area contributed by atoms with Crippen LogP contribution in [0.4, 0.5) is 5.69 Å². The van der Waals surface area contributed by atoms with E-state index in [0.29, 0.717) is 5.69 Å². The first-order valence-corrected chi connectivity index (χ1v) is 6.88. The second-order valence-corrected chi connectivity index (χ2v) is 4.64. The Morgan fingerprint density at radius 3 is 2.48 bits per heavy atom. The molecule has 0 bridgehead atoms. The lowest BCUT2D eigenvalue weighted by Gasteiger charge is -2.21. The van der Waals surface area contributed by atoms with Crippen LogP contribution in [0.5, 0.6) is 0 Å². The number of hydrogen-bond acceptors (Lipinski definition) is 3. The SMILES string of the molecule is CCN(CC)c1cccc(-c2ccc(C(=O)O)c(=O)[nH]2)c1. The Bertz CT molecular complexity index is 703. The molecule has 0 amide bonds. The molecule has 0 fully saturated rings. The summed E-state index contributed by atoms with van der Waals surface area (Å²) < 4.78 is 0. The molecule has 0 atom stereocenters. The van der Waals surface area contributed by atoms with Crippen LogP contribution >= 0.6 is 0 Å². The summed E-state index contributed by atoms with van der Waals surface area (Å²) in [6.07, 6.45) is 0. The maximum atomic E-state index is 11.7. The molecule has 2 rings (SSSR count). The van der Waals surface area contributed by atoms with Gasteiger partial charge in [0, 0.05) is 30.0 Å². The molecular formula is C16H18N2O3. The highest BCUT2D eigenvalue weighted by Gasteiger charge is 2.10. The lowest BCUT2D eigenvalue weighted by molar-refractivity contribution is 0.0695. The number of pyridine rings is 1. The Hall–Kier alpha value is -2.56. The monoisotopic (exact) mass is 286 g/mol. The maximum absolute atomic E-state index is 11.7. The minimum absolute atomic E-state index is 0.251. The number of aromatic amines is 1. The number of hydrogen-bond donors (Lipinski definition) is 2. The molecule has 5 heteroatoms. The number of nitrogens with one attached hydrogen (secondary N) is 1. The first-order chi connectivity index (χ1) is 10.1. The van der Waals surface area contributed by atoms with Gasteiger partial charge in [-0.05, 0) is 38.1 Å². The minimum Gasteiger partial charge on any atom is -0.477 e. The fraction of sp³-hybridized carbons (Fsp3) is 0.250. The Balaban J connectivity index is 2.43. The maximum Gasteiger partial charge on any atom is 0.341 e. The van der Waals surface area contributed by atoms with Gasteiger partial charge in [0.05, 0.1) is 0 Å². The highest BCUT2D eigenvalue weighted by molar-refractivity contribution is 5.87. The Morgan fingerprint density at radius 2 is 1.90 bits per heavy atom. The van der Waals surface area contributed by atoms with Crippen LogP contribution in [0.15, 0.2) is 41.2 Å². The lowest BCUT2D eigenvalue weighted by Crippen LogP contribution is -2.21. The van der Waals surface area contributed by atoms with Crippen LogP contribution in [-0.2, 0) is 0 Å². The van der Waals surface area contributed by atoms with Crippen LogP contribution in [0, 0.1) is 0 Å². The standard InChI is InChI=1S/C16H18N2O3/c1-3-18(4-2)12-7-5-6-11(10-12)14-9-8-13(16(20)21)15(19)17-14/h5-10H,3-4H2,1-2H3,(H,17,19)(H,20,21). The highest BCUT2D eigenvalue weighted by Crippen LogP contribution is 2.22. The third kappa shape index (κ3) is 3.13. The van der Waals surface area contributed by atoms with Crippen LogP contribution < -0.4 is 10.5 Å². The van der Waals surface area contributed by atoms with Crippen molar-refractivity contribution in [2.24, 2.45) is 0 Å². The topological polar surface area (TPSA) is 73.4 Å². The molecule has 0 unspecified atom stereocenters. The molecular weight excluding hydrogens is 268 g/mol. The summed E-state index contributed by atoms with van der Waals surface area (Å²) in [5.74, 6) is -1.22. The second-order valence-electron chi connectivity index (χ2n) is 4.64. The molecule has 5 nitrogen and oxygen atoms in total. The van der Waals surface area contributed by atoms with E-state index >= 15 is 0 Å². The number of rotatable bonds is 5. The minimum atomic E-state index is -1.22. The summed E-state index contributed by atoms with van der Waals surface area (Å²) in [7, 11) is 0. The molecule has 1 heterocycles. The van der Waals surface area contributed by atoms with Crippen LogP contribution in [0.1, 0.15) is 24.2 Å². The number of nitrogens with zero attached hydrogens (tertiary/aromatic N) is 1. The van der Waals surface area contributed by atoms with E-state index < -0.39 is 11.5 Å². The van der Waals surface area contributed by atoms with Crippen molar-refractivity contribution in [3.8, 4) is 11.3 Å². The van der Waals surface area contributed by atoms with E-state index in [-0.39, 0.29) is 5.56 Å². The molecule has 0 saturated heterocycles. The molecule has 2 aromatic rings. The lowest BCUT2D eigenvalue weighted by atomic mass is 10.1. The third-order valence-corrected chi connectivity index (χ3v) is 3.43. The fourth-order valence-electron chi connectivity index (χ4n) is 2.27. The molecule has 0 aliphatic heterocycles. The normalized spacial score (nSPS) is 10.4. The predicted molar refractivity (Wildman–Crippen MR) is 83.0 cm³/mol. The smallest absolute Gasteiger partial charge is 0.341 e. The van der Waals surface area contributed by atoms with Crippen LogP contribution in [0.2, 0.25) is 0 Å². The summed E-state index contributed by atoms with van der Waals surface area (Å²) in [6, 6.07) is 10.8. The summed E-state index contributed by atoms with van der Waals surface area (Å²) in [4.78, 5) is 27.4. The predicted octanol–water partition coefficient (Wildman–Crippen LogP) is 2.59. The number of benzene rings is 1. The summed E-state index contributed by atoms with van der Waals surface area (Å²) in [5.41, 5.74) is 1.69. The molecule has 2 N–H and O–H groups in total. The number of anilines is 1. The number of H-pyrrole nitrogens is 1. The van der Waals surface area contributed by atoms with Gasteiger partial charge in [0.15, 0.2) is 0 Å². The number of carboxylic acids is 1. The van der Waals surface area contributed by atoms with Gasteiger partial charge < -0.3 is 15.0 Å². The van der Waals surface area contributed by atoms with Crippen molar-refractivity contribution in [3.05, 3.63) is 52.3 Å². The van der Waals surface area contributed by atoms with Crippen LogP contribution in [0.3, 0.4) is 0 Å². The molecule has 0 saturated carbocycles.